The van der Waals surface area contributed by atoms with E-state index >= 15 is 0 Å². The van der Waals surface area contributed by atoms with Gasteiger partial charge in [-0.05, 0) is 42.3 Å². The van der Waals surface area contributed by atoms with Crippen LogP contribution in [0.3, 0.4) is 0 Å². The van der Waals surface area contributed by atoms with Crippen LogP contribution in [0.2, 0.25) is 0 Å². The smallest absolute Gasteiger partial charge is 0.250 e. The van der Waals surface area contributed by atoms with Gasteiger partial charge in [-0.1, -0.05) is 12.1 Å². The molecule has 2 bridgehead atoms. The minimum atomic E-state index is 0.0791. The first-order valence-corrected chi connectivity index (χ1v) is 9.20. The lowest BCUT2D eigenvalue weighted by atomic mass is 9.83. The maximum Gasteiger partial charge on any atom is 0.250 e. The molecule has 4 nitrogen and oxygen atoms in total. The van der Waals surface area contributed by atoms with Crippen molar-refractivity contribution in [1.82, 2.24) is 9.47 Å². The zero-order valence-electron chi connectivity index (χ0n) is 13.6. The van der Waals surface area contributed by atoms with Crippen molar-refractivity contribution in [2.75, 3.05) is 13.1 Å². The fourth-order valence-electron chi connectivity index (χ4n) is 3.93. The quantitative estimate of drug-likeness (QED) is 0.789. The van der Waals surface area contributed by atoms with Crippen LogP contribution in [0.5, 0.6) is 0 Å². The van der Waals surface area contributed by atoms with Crippen molar-refractivity contribution in [1.29, 1.82) is 0 Å². The zero-order valence-corrected chi connectivity index (χ0v) is 14.5. The number of piperidine rings is 1. The number of hydrogen-bond acceptors (Lipinski definition) is 3. The van der Waals surface area contributed by atoms with E-state index < -0.39 is 0 Å². The summed E-state index contributed by atoms with van der Waals surface area (Å²) < 4.78 is 1.90. The van der Waals surface area contributed by atoms with Crippen molar-refractivity contribution in [3.63, 3.8) is 0 Å². The van der Waals surface area contributed by atoms with E-state index in [2.05, 4.69) is 0 Å². The molecule has 2 aliphatic heterocycles. The summed E-state index contributed by atoms with van der Waals surface area (Å²) in [6, 6.07) is 9.53. The Balaban J connectivity index is 1.57. The Morgan fingerprint density at radius 3 is 2.88 bits per heavy atom. The Bertz CT molecular complexity index is 851. The number of nitrogens with zero attached hydrogens (tertiary/aromatic N) is 2. The minimum Gasteiger partial charge on any atom is -0.338 e. The first-order chi connectivity index (χ1) is 11.6. The van der Waals surface area contributed by atoms with Gasteiger partial charge in [0, 0.05) is 48.3 Å². The molecule has 4 rings (SSSR count). The van der Waals surface area contributed by atoms with Gasteiger partial charge in [-0.2, -0.15) is 0 Å². The number of hydrogen-bond donors (Lipinski definition) is 0. The second kappa shape index (κ2) is 6.06. The fourth-order valence-corrected chi connectivity index (χ4v) is 4.63. The number of carbonyl (C=O) groups excluding carboxylic acids is 1. The van der Waals surface area contributed by atoms with Gasteiger partial charge in [0.1, 0.15) is 0 Å². The summed E-state index contributed by atoms with van der Waals surface area (Å²) in [5, 5.41) is 2.02. The van der Waals surface area contributed by atoms with Crippen molar-refractivity contribution in [2.45, 2.75) is 25.8 Å². The molecule has 2 aromatic heterocycles. The van der Waals surface area contributed by atoms with E-state index in [4.69, 9.17) is 0 Å². The Morgan fingerprint density at radius 2 is 2.08 bits per heavy atom. The summed E-state index contributed by atoms with van der Waals surface area (Å²) in [5.41, 5.74) is 2.17. The Labute approximate surface area is 145 Å². The summed E-state index contributed by atoms with van der Waals surface area (Å²) in [6.45, 7) is 4.16. The largest absolute Gasteiger partial charge is 0.338 e. The van der Waals surface area contributed by atoms with Gasteiger partial charge in [0.2, 0.25) is 5.91 Å². The van der Waals surface area contributed by atoms with Crippen molar-refractivity contribution in [3.05, 3.63) is 62.7 Å². The van der Waals surface area contributed by atoms with Crippen LogP contribution in [-0.4, -0.2) is 28.5 Å². The van der Waals surface area contributed by atoms with Gasteiger partial charge in [0.15, 0.2) is 0 Å². The number of amides is 1. The van der Waals surface area contributed by atoms with Crippen LogP contribution in [0.15, 0.2) is 46.6 Å². The topological polar surface area (TPSA) is 42.3 Å². The van der Waals surface area contributed by atoms with Crippen LogP contribution in [0, 0.1) is 5.92 Å². The third-order valence-corrected chi connectivity index (χ3v) is 6.05. The molecule has 0 aliphatic carbocycles. The van der Waals surface area contributed by atoms with Gasteiger partial charge in [-0.3, -0.25) is 9.59 Å². The fraction of sp³-hybridized carbons (Fsp3) is 0.368. The van der Waals surface area contributed by atoms with Crippen molar-refractivity contribution in [2.24, 2.45) is 5.92 Å². The summed E-state index contributed by atoms with van der Waals surface area (Å²) >= 11 is 1.65. The second-order valence-electron chi connectivity index (χ2n) is 6.75. The lowest BCUT2D eigenvalue weighted by molar-refractivity contribution is -0.128. The van der Waals surface area contributed by atoms with E-state index in [1.807, 2.05) is 46.0 Å². The van der Waals surface area contributed by atoms with Crippen LogP contribution in [0.4, 0.5) is 0 Å². The average molecular weight is 340 g/mol. The summed E-state index contributed by atoms with van der Waals surface area (Å²) in [4.78, 5) is 27.9. The third kappa shape index (κ3) is 2.73. The number of rotatable bonds is 2. The molecule has 1 saturated heterocycles. The predicted molar refractivity (Wildman–Crippen MR) is 96.1 cm³/mol. The number of thiophene rings is 1. The normalized spacial score (nSPS) is 23.0. The standard InChI is InChI=1S/C19H20N2O2S/c1-13(17-5-3-7-24-17)8-19(23)20-10-14-9-15(12-20)16-4-2-6-18(22)21(16)11-14/h2-8,14-15H,9-12H2,1H3. The number of likely N-dealkylation sites (tertiary alicyclic amines) is 1. The minimum absolute atomic E-state index is 0.0791. The highest BCUT2D eigenvalue weighted by Gasteiger charge is 2.35. The maximum absolute atomic E-state index is 12.7. The van der Waals surface area contributed by atoms with Gasteiger partial charge in [-0.15, -0.1) is 11.3 Å². The molecular formula is C19H20N2O2S. The molecule has 1 amide bonds. The molecule has 1 fully saturated rings. The molecule has 2 aromatic rings. The summed E-state index contributed by atoms with van der Waals surface area (Å²) in [5.74, 6) is 0.726. The highest BCUT2D eigenvalue weighted by molar-refractivity contribution is 7.11. The van der Waals surface area contributed by atoms with Crippen LogP contribution in [0.1, 0.15) is 29.8 Å². The zero-order chi connectivity index (χ0) is 16.7. The van der Waals surface area contributed by atoms with Crippen LogP contribution in [-0.2, 0) is 11.3 Å². The molecular weight excluding hydrogens is 320 g/mol. The van der Waals surface area contributed by atoms with E-state index in [1.54, 1.807) is 23.5 Å². The lowest BCUT2D eigenvalue weighted by Gasteiger charge is -2.42. The van der Waals surface area contributed by atoms with E-state index in [0.717, 1.165) is 35.7 Å². The molecule has 124 valence electrons. The molecule has 0 aromatic carbocycles. The van der Waals surface area contributed by atoms with E-state index in [9.17, 15) is 9.59 Å². The highest BCUT2D eigenvalue weighted by atomic mass is 32.1. The number of pyridine rings is 1. The molecule has 24 heavy (non-hydrogen) atoms. The van der Waals surface area contributed by atoms with E-state index in [-0.39, 0.29) is 17.4 Å². The van der Waals surface area contributed by atoms with Gasteiger partial charge < -0.3 is 9.47 Å². The summed E-state index contributed by atoms with van der Waals surface area (Å²) in [7, 11) is 0. The molecule has 2 atom stereocenters. The van der Waals surface area contributed by atoms with Crippen molar-refractivity contribution < 1.29 is 4.79 Å². The monoisotopic (exact) mass is 340 g/mol. The number of aromatic nitrogens is 1. The molecule has 0 radical (unpaired) electrons. The molecule has 5 heteroatoms. The molecule has 0 spiro atoms. The van der Waals surface area contributed by atoms with Crippen molar-refractivity contribution in [3.8, 4) is 0 Å². The predicted octanol–water partition coefficient (Wildman–Crippen LogP) is 2.96. The number of carbonyl (C=O) groups is 1. The summed E-state index contributed by atoms with van der Waals surface area (Å²) in [6.07, 6.45) is 2.83. The van der Waals surface area contributed by atoms with Gasteiger partial charge in [-0.25, -0.2) is 0 Å². The Hall–Kier alpha value is -2.14. The first-order valence-electron chi connectivity index (χ1n) is 8.32. The molecule has 4 heterocycles. The maximum atomic E-state index is 12.7. The number of allylic oxidation sites excluding steroid dienone is 1. The van der Waals surface area contributed by atoms with E-state index in [1.165, 1.54) is 0 Å². The van der Waals surface area contributed by atoms with Crippen LogP contribution >= 0.6 is 11.3 Å². The molecule has 0 N–H and O–H groups in total. The number of fused-ring (bicyclic) bond motifs is 4. The first kappa shape index (κ1) is 15.4. The van der Waals surface area contributed by atoms with Crippen LogP contribution in [0.25, 0.3) is 5.57 Å². The SMILES string of the molecule is CC(=CC(=O)N1CC2CC(C1)c1cccc(=O)n1C2)c1cccs1. The third-order valence-electron chi connectivity index (χ3n) is 5.04. The van der Waals surface area contributed by atoms with Gasteiger partial charge >= 0.3 is 0 Å². The lowest BCUT2D eigenvalue weighted by Crippen LogP contribution is -2.48. The van der Waals surface area contributed by atoms with Crippen LogP contribution < -0.4 is 5.56 Å². The van der Waals surface area contributed by atoms with Gasteiger partial charge in [0.05, 0.1) is 0 Å². The van der Waals surface area contributed by atoms with Crippen molar-refractivity contribution >= 4 is 22.8 Å². The Kier molecular flexibility index (Phi) is 3.88. The second-order valence-corrected chi connectivity index (χ2v) is 7.69. The Morgan fingerprint density at radius 1 is 1.21 bits per heavy atom. The molecule has 2 unspecified atom stereocenters. The average Bonchev–Trinajstić information content (AvgIpc) is 3.10. The van der Waals surface area contributed by atoms with E-state index in [0.29, 0.717) is 12.5 Å². The molecule has 2 aliphatic rings. The van der Waals surface area contributed by atoms with Gasteiger partial charge in [0.25, 0.3) is 5.56 Å². The molecule has 0 saturated carbocycles. The highest BCUT2D eigenvalue weighted by Crippen LogP contribution is 2.35.